The van der Waals surface area contributed by atoms with Crippen LogP contribution in [0.2, 0.25) is 0 Å². The second kappa shape index (κ2) is 5.80. The van der Waals surface area contributed by atoms with Crippen LogP contribution in [0.1, 0.15) is 30.7 Å². The number of benzene rings is 1. The number of hydrogen-bond acceptors (Lipinski definition) is 4. The van der Waals surface area contributed by atoms with Gasteiger partial charge < -0.3 is 20.1 Å². The largest absolute Gasteiger partial charge is 0.486 e. The SMILES string of the molecule is O=C(N[C@H]1CCCNC1)C1CC1c1ccc2c(c1)OCCO2. The Labute approximate surface area is 130 Å². The van der Waals surface area contributed by atoms with Crippen LogP contribution in [-0.4, -0.2) is 38.3 Å². The van der Waals surface area contributed by atoms with E-state index in [1.54, 1.807) is 0 Å². The lowest BCUT2D eigenvalue weighted by atomic mass is 10.1. The van der Waals surface area contributed by atoms with Crippen LogP contribution in [0, 0.1) is 5.92 Å². The maximum absolute atomic E-state index is 12.4. The Kier molecular flexibility index (Phi) is 3.66. The molecule has 4 rings (SSSR count). The maximum Gasteiger partial charge on any atom is 0.224 e. The van der Waals surface area contributed by atoms with Gasteiger partial charge in [0, 0.05) is 18.5 Å². The maximum atomic E-state index is 12.4. The van der Waals surface area contributed by atoms with Gasteiger partial charge in [-0.15, -0.1) is 0 Å². The summed E-state index contributed by atoms with van der Waals surface area (Å²) in [6.45, 7) is 3.17. The Morgan fingerprint density at radius 1 is 1.23 bits per heavy atom. The van der Waals surface area contributed by atoms with E-state index in [0.717, 1.165) is 43.9 Å². The topological polar surface area (TPSA) is 59.6 Å². The normalized spacial score (nSPS) is 29.7. The zero-order valence-corrected chi connectivity index (χ0v) is 12.6. The molecule has 1 saturated heterocycles. The molecule has 0 aromatic heterocycles. The predicted molar refractivity (Wildman–Crippen MR) is 82.3 cm³/mol. The fourth-order valence-corrected chi connectivity index (χ4v) is 3.43. The van der Waals surface area contributed by atoms with Crippen LogP contribution < -0.4 is 20.1 Å². The van der Waals surface area contributed by atoms with Crippen molar-refractivity contribution in [2.75, 3.05) is 26.3 Å². The molecule has 5 nitrogen and oxygen atoms in total. The first-order valence-electron chi connectivity index (χ1n) is 8.22. The molecule has 2 unspecified atom stereocenters. The zero-order chi connectivity index (χ0) is 14.9. The third kappa shape index (κ3) is 2.77. The molecule has 0 bridgehead atoms. The first-order chi connectivity index (χ1) is 10.8. The number of piperidine rings is 1. The zero-order valence-electron chi connectivity index (χ0n) is 12.6. The highest BCUT2D eigenvalue weighted by atomic mass is 16.6. The average molecular weight is 302 g/mol. The minimum absolute atomic E-state index is 0.115. The molecular formula is C17H22N2O3. The van der Waals surface area contributed by atoms with E-state index in [2.05, 4.69) is 16.7 Å². The molecule has 1 amide bonds. The van der Waals surface area contributed by atoms with Crippen LogP contribution in [-0.2, 0) is 4.79 Å². The van der Waals surface area contributed by atoms with Gasteiger partial charge in [-0.25, -0.2) is 0 Å². The van der Waals surface area contributed by atoms with E-state index in [9.17, 15) is 4.79 Å². The van der Waals surface area contributed by atoms with Crippen molar-refractivity contribution in [2.24, 2.45) is 5.92 Å². The Morgan fingerprint density at radius 2 is 2.09 bits per heavy atom. The van der Waals surface area contributed by atoms with Crippen LogP contribution in [0.5, 0.6) is 11.5 Å². The average Bonchev–Trinajstić information content (AvgIpc) is 3.36. The summed E-state index contributed by atoms with van der Waals surface area (Å²) in [5, 5.41) is 6.52. The molecule has 3 atom stereocenters. The highest BCUT2D eigenvalue weighted by Gasteiger charge is 2.44. The van der Waals surface area contributed by atoms with E-state index in [1.807, 2.05) is 12.1 Å². The third-order valence-corrected chi connectivity index (χ3v) is 4.76. The van der Waals surface area contributed by atoms with Gasteiger partial charge in [-0.2, -0.15) is 0 Å². The van der Waals surface area contributed by atoms with Crippen molar-refractivity contribution in [1.82, 2.24) is 10.6 Å². The molecule has 2 aliphatic heterocycles. The van der Waals surface area contributed by atoms with E-state index in [0.29, 0.717) is 25.2 Å². The minimum atomic E-state index is 0.115. The van der Waals surface area contributed by atoms with Crippen molar-refractivity contribution in [3.63, 3.8) is 0 Å². The summed E-state index contributed by atoms with van der Waals surface area (Å²) >= 11 is 0. The molecule has 1 saturated carbocycles. The van der Waals surface area contributed by atoms with E-state index >= 15 is 0 Å². The summed E-state index contributed by atoms with van der Waals surface area (Å²) < 4.78 is 11.2. The van der Waals surface area contributed by atoms with Gasteiger partial charge in [-0.3, -0.25) is 4.79 Å². The van der Waals surface area contributed by atoms with Crippen molar-refractivity contribution >= 4 is 5.91 Å². The number of carbonyl (C=O) groups is 1. The highest BCUT2D eigenvalue weighted by molar-refractivity contribution is 5.83. The van der Waals surface area contributed by atoms with Gasteiger partial charge in [-0.05, 0) is 49.4 Å². The van der Waals surface area contributed by atoms with Crippen LogP contribution in [0.25, 0.3) is 0 Å². The van der Waals surface area contributed by atoms with Gasteiger partial charge in [0.05, 0.1) is 0 Å². The summed E-state index contributed by atoms with van der Waals surface area (Å²) in [6.07, 6.45) is 3.16. The first kappa shape index (κ1) is 13.9. The van der Waals surface area contributed by atoms with E-state index < -0.39 is 0 Å². The standard InChI is InChI=1S/C17H22N2O3/c20-17(19-12-2-1-5-18-10-12)14-9-13(14)11-3-4-15-16(8-11)22-7-6-21-15/h3-4,8,12-14,18H,1-2,5-7,9-10H2,(H,19,20)/t12-,13?,14?/m0/s1. The van der Waals surface area contributed by atoms with Crippen LogP contribution >= 0.6 is 0 Å². The quantitative estimate of drug-likeness (QED) is 0.887. The molecule has 0 radical (unpaired) electrons. The Bertz CT molecular complexity index is 569. The van der Waals surface area contributed by atoms with Gasteiger partial charge >= 0.3 is 0 Å². The number of hydrogen-bond donors (Lipinski definition) is 2. The lowest BCUT2D eigenvalue weighted by Gasteiger charge is -2.24. The number of carbonyl (C=O) groups excluding carboxylic acids is 1. The fourth-order valence-electron chi connectivity index (χ4n) is 3.43. The molecule has 1 aromatic rings. The number of ether oxygens (including phenoxy) is 2. The van der Waals surface area contributed by atoms with E-state index in [1.165, 1.54) is 5.56 Å². The molecule has 118 valence electrons. The molecule has 2 heterocycles. The smallest absolute Gasteiger partial charge is 0.224 e. The number of nitrogens with one attached hydrogen (secondary N) is 2. The molecule has 2 fully saturated rings. The predicted octanol–water partition coefficient (Wildman–Crippen LogP) is 1.43. The molecule has 2 N–H and O–H groups in total. The Balaban J connectivity index is 1.38. The van der Waals surface area contributed by atoms with Gasteiger partial charge in [0.15, 0.2) is 11.5 Å². The highest BCUT2D eigenvalue weighted by Crippen LogP contribution is 2.49. The minimum Gasteiger partial charge on any atom is -0.486 e. The number of amides is 1. The van der Waals surface area contributed by atoms with Crippen LogP contribution in [0.3, 0.4) is 0 Å². The second-order valence-corrected chi connectivity index (χ2v) is 6.40. The van der Waals surface area contributed by atoms with Crippen LogP contribution in [0.15, 0.2) is 18.2 Å². The summed E-state index contributed by atoms with van der Waals surface area (Å²) in [6, 6.07) is 6.35. The first-order valence-corrected chi connectivity index (χ1v) is 8.22. The van der Waals surface area contributed by atoms with Crippen molar-refractivity contribution in [2.45, 2.75) is 31.2 Å². The monoisotopic (exact) mass is 302 g/mol. The molecule has 22 heavy (non-hydrogen) atoms. The lowest BCUT2D eigenvalue weighted by Crippen LogP contribution is -2.46. The van der Waals surface area contributed by atoms with E-state index in [-0.39, 0.29) is 11.8 Å². The third-order valence-electron chi connectivity index (χ3n) is 4.76. The number of rotatable bonds is 3. The molecular weight excluding hydrogens is 280 g/mol. The molecule has 0 spiro atoms. The summed E-state index contributed by atoms with van der Waals surface area (Å²) in [7, 11) is 0. The molecule has 1 aromatic carbocycles. The van der Waals surface area contributed by atoms with Crippen molar-refractivity contribution in [1.29, 1.82) is 0 Å². The number of fused-ring (bicyclic) bond motifs is 1. The Hall–Kier alpha value is -1.75. The second-order valence-electron chi connectivity index (χ2n) is 6.40. The van der Waals surface area contributed by atoms with Crippen molar-refractivity contribution < 1.29 is 14.3 Å². The summed E-state index contributed by atoms with van der Waals surface area (Å²) in [5.41, 5.74) is 1.19. The Morgan fingerprint density at radius 3 is 2.91 bits per heavy atom. The van der Waals surface area contributed by atoms with Crippen molar-refractivity contribution in [3.8, 4) is 11.5 Å². The van der Waals surface area contributed by atoms with Gasteiger partial charge in [0.25, 0.3) is 0 Å². The molecule has 5 heteroatoms. The van der Waals surface area contributed by atoms with Gasteiger partial charge in [0.1, 0.15) is 13.2 Å². The summed E-state index contributed by atoms with van der Waals surface area (Å²) in [4.78, 5) is 12.4. The van der Waals surface area contributed by atoms with Gasteiger partial charge in [-0.1, -0.05) is 6.07 Å². The molecule has 1 aliphatic carbocycles. The van der Waals surface area contributed by atoms with Crippen molar-refractivity contribution in [3.05, 3.63) is 23.8 Å². The van der Waals surface area contributed by atoms with Gasteiger partial charge in [0.2, 0.25) is 5.91 Å². The molecule has 3 aliphatic rings. The lowest BCUT2D eigenvalue weighted by molar-refractivity contribution is -0.123. The summed E-state index contributed by atoms with van der Waals surface area (Å²) in [5.74, 6) is 2.27. The fraction of sp³-hybridized carbons (Fsp3) is 0.588. The van der Waals surface area contributed by atoms with Crippen LogP contribution in [0.4, 0.5) is 0 Å². The van der Waals surface area contributed by atoms with E-state index in [4.69, 9.17) is 9.47 Å².